The molecule has 0 atom stereocenters. The third kappa shape index (κ3) is 4.49. The van der Waals surface area contributed by atoms with Crippen molar-refractivity contribution >= 4 is 5.65 Å². The monoisotopic (exact) mass is 704 g/mol. The molecular weight excluding hydrogens is 669 g/mol. The second kappa shape index (κ2) is 11.8. The summed E-state index contributed by atoms with van der Waals surface area (Å²) >= 11 is 0. The minimum absolute atomic E-state index is 0.126. The summed E-state index contributed by atoms with van der Waals surface area (Å²) in [5.41, 5.74) is 18.8. The fourth-order valence-electron chi connectivity index (χ4n) is 9.51. The van der Waals surface area contributed by atoms with Crippen LogP contribution in [0.2, 0.25) is 0 Å². The maximum absolute atomic E-state index is 5.54. The highest BCUT2D eigenvalue weighted by Crippen LogP contribution is 2.57. The van der Waals surface area contributed by atoms with Gasteiger partial charge in [0.2, 0.25) is 0 Å². The van der Waals surface area contributed by atoms with E-state index in [1.165, 1.54) is 55.6 Å². The van der Waals surface area contributed by atoms with Gasteiger partial charge in [0.25, 0.3) is 0 Å². The summed E-state index contributed by atoms with van der Waals surface area (Å²) in [5.74, 6) is 0. The van der Waals surface area contributed by atoms with Crippen LogP contribution in [-0.2, 0) is 10.8 Å². The van der Waals surface area contributed by atoms with E-state index >= 15 is 0 Å². The van der Waals surface area contributed by atoms with Crippen molar-refractivity contribution in [1.82, 2.24) is 19.4 Å². The highest BCUT2D eigenvalue weighted by Gasteiger charge is 2.46. The predicted molar refractivity (Wildman–Crippen MR) is 222 cm³/mol. The Hall–Kier alpha value is -6.91. The number of hydrogen-bond donors (Lipinski definition) is 0. The first-order valence-electron chi connectivity index (χ1n) is 18.9. The summed E-state index contributed by atoms with van der Waals surface area (Å²) in [4.78, 5) is 14.9. The van der Waals surface area contributed by atoms with Crippen molar-refractivity contribution in [3.8, 4) is 56.0 Å². The molecule has 0 aliphatic heterocycles. The average molecular weight is 705 g/mol. The molecule has 0 amide bonds. The molecule has 6 aromatic carbocycles. The normalized spacial score (nSPS) is 14.3. The number of hydrogen-bond acceptors (Lipinski definition) is 3. The molecule has 4 nitrogen and oxygen atoms in total. The number of imidazole rings is 1. The summed E-state index contributed by atoms with van der Waals surface area (Å²) < 4.78 is 2.21. The van der Waals surface area contributed by atoms with Crippen LogP contribution in [0.25, 0.3) is 61.7 Å². The third-order valence-electron chi connectivity index (χ3n) is 12.1. The molecule has 0 radical (unpaired) electrons. The van der Waals surface area contributed by atoms with Gasteiger partial charge < -0.3 is 0 Å². The van der Waals surface area contributed by atoms with E-state index in [2.05, 4.69) is 175 Å². The Labute approximate surface area is 320 Å². The van der Waals surface area contributed by atoms with Gasteiger partial charge in [0.15, 0.2) is 5.65 Å². The first-order chi connectivity index (χ1) is 27.0. The maximum atomic E-state index is 5.54. The Balaban J connectivity index is 1.17. The van der Waals surface area contributed by atoms with E-state index < -0.39 is 5.41 Å². The molecule has 0 saturated heterocycles. The Morgan fingerprint density at radius 2 is 1.05 bits per heavy atom. The van der Waals surface area contributed by atoms with Crippen molar-refractivity contribution in [2.45, 2.75) is 24.7 Å². The second-order valence-electron chi connectivity index (χ2n) is 15.3. The smallest absolute Gasteiger partial charge is 0.164 e. The lowest BCUT2D eigenvalue weighted by atomic mass is 9.67. The molecule has 3 aromatic heterocycles. The number of pyridine rings is 1. The van der Waals surface area contributed by atoms with Gasteiger partial charge in [-0.1, -0.05) is 147 Å². The Morgan fingerprint density at radius 1 is 0.491 bits per heavy atom. The fraction of sp³-hybridized carbons (Fsp3) is 0.0784. The Morgan fingerprint density at radius 3 is 1.76 bits per heavy atom. The van der Waals surface area contributed by atoms with Gasteiger partial charge >= 0.3 is 0 Å². The standard InChI is InChI=1S/C51H36N4/c1-50(2)42-19-11-9-17-38(42)40-23-21-34(29-44(40)50)46-32-55-47(33-25-27-52-28-26-33)31-53-49(55)48(54-46)35-22-24-41-39-18-10-12-20-43(39)51(45(41)30-35,36-13-5-3-6-14-36)37-15-7-4-8-16-37/h3-32H,1-2H3. The molecule has 4 heteroatoms. The van der Waals surface area contributed by atoms with E-state index in [4.69, 9.17) is 9.97 Å². The first-order valence-corrected chi connectivity index (χ1v) is 18.9. The molecule has 0 spiro atoms. The van der Waals surface area contributed by atoms with Crippen LogP contribution in [-0.4, -0.2) is 19.4 Å². The van der Waals surface area contributed by atoms with E-state index in [-0.39, 0.29) is 5.41 Å². The molecule has 0 bridgehead atoms. The highest BCUT2D eigenvalue weighted by atomic mass is 15.0. The van der Waals surface area contributed by atoms with Crippen LogP contribution in [0.4, 0.5) is 0 Å². The van der Waals surface area contributed by atoms with Gasteiger partial charge in [-0.15, -0.1) is 0 Å². The number of aromatic nitrogens is 4. The van der Waals surface area contributed by atoms with Crippen LogP contribution in [0.15, 0.2) is 183 Å². The van der Waals surface area contributed by atoms with E-state index in [9.17, 15) is 0 Å². The average Bonchev–Trinajstić information content (AvgIpc) is 3.88. The zero-order chi connectivity index (χ0) is 36.7. The van der Waals surface area contributed by atoms with E-state index in [0.29, 0.717) is 0 Å². The van der Waals surface area contributed by atoms with Crippen molar-refractivity contribution in [3.63, 3.8) is 0 Å². The van der Waals surface area contributed by atoms with Gasteiger partial charge in [-0.2, -0.15) is 0 Å². The van der Waals surface area contributed by atoms with Crippen molar-refractivity contribution in [2.24, 2.45) is 0 Å². The molecule has 0 N–H and O–H groups in total. The number of benzene rings is 6. The van der Waals surface area contributed by atoms with Gasteiger partial charge in [-0.05, 0) is 79.9 Å². The summed E-state index contributed by atoms with van der Waals surface area (Å²) in [6, 6.07) is 57.4. The van der Waals surface area contributed by atoms with Gasteiger partial charge in [0.1, 0.15) is 5.69 Å². The number of nitrogens with zero attached hydrogens (tertiary/aromatic N) is 4. The number of rotatable bonds is 5. The van der Waals surface area contributed by atoms with Crippen LogP contribution in [0.1, 0.15) is 47.2 Å². The molecular formula is C51H36N4. The molecule has 11 rings (SSSR count). The fourth-order valence-corrected chi connectivity index (χ4v) is 9.51. The molecule has 55 heavy (non-hydrogen) atoms. The van der Waals surface area contributed by atoms with Crippen LogP contribution < -0.4 is 0 Å². The summed E-state index contributed by atoms with van der Waals surface area (Å²) in [5, 5.41) is 0. The lowest BCUT2D eigenvalue weighted by molar-refractivity contribution is 0.660. The van der Waals surface area contributed by atoms with Crippen molar-refractivity contribution in [3.05, 3.63) is 216 Å². The zero-order valence-corrected chi connectivity index (χ0v) is 30.6. The number of fused-ring (bicyclic) bond motifs is 7. The first kappa shape index (κ1) is 31.6. The van der Waals surface area contributed by atoms with Crippen LogP contribution in [0, 0.1) is 0 Å². The second-order valence-corrected chi connectivity index (χ2v) is 15.3. The van der Waals surface area contributed by atoms with Gasteiger partial charge in [-0.3, -0.25) is 9.38 Å². The van der Waals surface area contributed by atoms with Crippen molar-refractivity contribution < 1.29 is 0 Å². The quantitative estimate of drug-likeness (QED) is 0.179. The molecule has 260 valence electrons. The highest BCUT2D eigenvalue weighted by molar-refractivity contribution is 5.90. The van der Waals surface area contributed by atoms with Crippen molar-refractivity contribution in [2.75, 3.05) is 0 Å². The molecule has 0 fully saturated rings. The molecule has 2 aliphatic rings. The molecule has 2 aliphatic carbocycles. The van der Waals surface area contributed by atoms with Gasteiger partial charge in [0.05, 0.1) is 23.0 Å². The van der Waals surface area contributed by atoms with E-state index in [1.54, 1.807) is 0 Å². The summed E-state index contributed by atoms with van der Waals surface area (Å²) in [6.07, 6.45) is 7.79. The van der Waals surface area contributed by atoms with E-state index in [0.717, 1.165) is 39.4 Å². The molecule has 3 heterocycles. The van der Waals surface area contributed by atoms with Crippen LogP contribution >= 0.6 is 0 Å². The molecule has 0 unspecified atom stereocenters. The predicted octanol–water partition coefficient (Wildman–Crippen LogP) is 11.8. The lowest BCUT2D eigenvalue weighted by Gasteiger charge is -2.34. The van der Waals surface area contributed by atoms with Crippen LogP contribution in [0.5, 0.6) is 0 Å². The van der Waals surface area contributed by atoms with E-state index in [1.807, 2.05) is 30.7 Å². The summed E-state index contributed by atoms with van der Waals surface area (Å²) in [6.45, 7) is 4.66. The van der Waals surface area contributed by atoms with Crippen LogP contribution in [0.3, 0.4) is 0 Å². The minimum Gasteiger partial charge on any atom is -0.296 e. The topological polar surface area (TPSA) is 43.1 Å². The zero-order valence-electron chi connectivity index (χ0n) is 30.6. The third-order valence-corrected chi connectivity index (χ3v) is 12.1. The Kier molecular flexibility index (Phi) is 6.78. The van der Waals surface area contributed by atoms with Gasteiger partial charge in [0, 0.05) is 40.7 Å². The SMILES string of the molecule is CC1(C)c2ccccc2-c2ccc(-c3cn4c(-c5ccncc5)cnc4c(-c4ccc5c(c4)C(c4ccccc4)(c4ccccc4)c4ccccc4-5)n3)cc21. The molecule has 9 aromatic rings. The Bertz CT molecular complexity index is 2900. The van der Waals surface area contributed by atoms with Crippen molar-refractivity contribution in [1.29, 1.82) is 0 Å². The lowest BCUT2D eigenvalue weighted by Crippen LogP contribution is -2.28. The minimum atomic E-state index is -0.517. The molecule has 0 saturated carbocycles. The summed E-state index contributed by atoms with van der Waals surface area (Å²) in [7, 11) is 0. The maximum Gasteiger partial charge on any atom is 0.164 e. The van der Waals surface area contributed by atoms with Gasteiger partial charge in [-0.25, -0.2) is 9.97 Å². The largest absolute Gasteiger partial charge is 0.296 e.